The number of nitrogens with one attached hydrogen (secondary N) is 1. The molecule has 0 bridgehead atoms. The van der Waals surface area contributed by atoms with Crippen LogP contribution in [-0.4, -0.2) is 45.2 Å². The van der Waals surface area contributed by atoms with Gasteiger partial charge >= 0.3 is 6.03 Å². The van der Waals surface area contributed by atoms with Crippen molar-refractivity contribution in [2.75, 3.05) is 11.9 Å². The Hall–Kier alpha value is -2.95. The number of benzene rings is 2. The molecule has 2 amide bonds. The van der Waals surface area contributed by atoms with E-state index >= 15 is 0 Å². The van der Waals surface area contributed by atoms with Crippen LogP contribution in [-0.2, 0) is 16.7 Å². The zero-order chi connectivity index (χ0) is 24.6. The Morgan fingerprint density at radius 3 is 2.53 bits per heavy atom. The van der Waals surface area contributed by atoms with Crippen molar-refractivity contribution in [1.82, 2.24) is 19.7 Å². The van der Waals surface area contributed by atoms with E-state index in [0.29, 0.717) is 40.8 Å². The second kappa shape index (κ2) is 9.36. The van der Waals surface area contributed by atoms with Crippen LogP contribution < -0.4 is 5.32 Å². The minimum atomic E-state index is -4.41. The Kier molecular flexibility index (Phi) is 6.66. The van der Waals surface area contributed by atoms with Gasteiger partial charge in [0.15, 0.2) is 5.82 Å². The lowest BCUT2D eigenvalue weighted by atomic mass is 10.1. The minimum Gasteiger partial charge on any atom is -0.314 e. The lowest BCUT2D eigenvalue weighted by Crippen LogP contribution is -2.36. The van der Waals surface area contributed by atoms with Gasteiger partial charge in [-0.2, -0.15) is 8.42 Å². The van der Waals surface area contributed by atoms with Crippen LogP contribution in [0.25, 0.3) is 0 Å². The monoisotopic (exact) mass is 503 g/mol. The maximum atomic E-state index is 13.2. The molecule has 1 aromatic heterocycles. The SMILES string of the molecule is Cc1cc(C)c(S(=O)(=O)O)cc1NC(=O)N1CCC[C@@H]1c1nnc(C)n1Cc1ccc(Cl)cc1. The van der Waals surface area contributed by atoms with E-state index in [4.69, 9.17) is 11.6 Å². The van der Waals surface area contributed by atoms with Gasteiger partial charge in [-0.25, -0.2) is 4.79 Å². The fraction of sp³-hybridized carbons (Fsp3) is 0.348. The van der Waals surface area contributed by atoms with E-state index in [-0.39, 0.29) is 17.0 Å². The van der Waals surface area contributed by atoms with E-state index < -0.39 is 10.1 Å². The van der Waals surface area contributed by atoms with Crippen molar-refractivity contribution < 1.29 is 17.8 Å². The molecule has 0 unspecified atom stereocenters. The molecule has 3 aromatic rings. The van der Waals surface area contributed by atoms with Crippen molar-refractivity contribution in [3.63, 3.8) is 0 Å². The smallest absolute Gasteiger partial charge is 0.314 e. The van der Waals surface area contributed by atoms with Crippen LogP contribution in [0.5, 0.6) is 0 Å². The number of hydrogen-bond acceptors (Lipinski definition) is 5. The Morgan fingerprint density at radius 2 is 1.85 bits per heavy atom. The van der Waals surface area contributed by atoms with Gasteiger partial charge in [0.05, 0.1) is 17.5 Å². The molecule has 1 atom stereocenters. The number of hydrogen-bond donors (Lipinski definition) is 2. The Balaban J connectivity index is 1.59. The molecule has 1 fully saturated rings. The van der Waals surface area contributed by atoms with Crippen molar-refractivity contribution in [2.45, 2.75) is 51.1 Å². The molecule has 11 heteroatoms. The van der Waals surface area contributed by atoms with Gasteiger partial charge in [0.25, 0.3) is 10.1 Å². The van der Waals surface area contributed by atoms with E-state index in [1.807, 2.05) is 35.8 Å². The second-order valence-electron chi connectivity index (χ2n) is 8.51. The summed E-state index contributed by atoms with van der Waals surface area (Å²) in [7, 11) is -4.41. The number of nitrogens with zero attached hydrogens (tertiary/aromatic N) is 4. The first-order valence-electron chi connectivity index (χ1n) is 10.8. The number of aryl methyl sites for hydroxylation is 3. The summed E-state index contributed by atoms with van der Waals surface area (Å²) in [6.45, 7) is 6.31. The summed E-state index contributed by atoms with van der Waals surface area (Å²) >= 11 is 6.00. The van der Waals surface area contributed by atoms with Crippen LogP contribution in [0.15, 0.2) is 41.3 Å². The number of amides is 2. The fourth-order valence-electron chi connectivity index (χ4n) is 4.32. The lowest BCUT2D eigenvalue weighted by Gasteiger charge is -2.25. The molecular formula is C23H26ClN5O4S. The summed E-state index contributed by atoms with van der Waals surface area (Å²) in [4.78, 5) is 14.7. The van der Waals surface area contributed by atoms with Gasteiger partial charge in [0, 0.05) is 17.3 Å². The number of anilines is 1. The van der Waals surface area contributed by atoms with Gasteiger partial charge in [0.1, 0.15) is 5.82 Å². The number of urea groups is 1. The van der Waals surface area contributed by atoms with E-state index in [1.165, 1.54) is 6.07 Å². The first kappa shape index (κ1) is 24.2. The molecule has 2 N–H and O–H groups in total. The summed E-state index contributed by atoms with van der Waals surface area (Å²) in [5, 5.41) is 12.1. The summed E-state index contributed by atoms with van der Waals surface area (Å²) in [5.41, 5.74) is 2.46. The van der Waals surface area contributed by atoms with Crippen LogP contribution >= 0.6 is 11.6 Å². The van der Waals surface area contributed by atoms with E-state index in [1.54, 1.807) is 24.8 Å². The molecule has 1 saturated heterocycles. The summed E-state index contributed by atoms with van der Waals surface area (Å²) in [6.07, 6.45) is 1.53. The zero-order valence-corrected chi connectivity index (χ0v) is 20.7. The van der Waals surface area contributed by atoms with Gasteiger partial charge in [0.2, 0.25) is 0 Å². The summed E-state index contributed by atoms with van der Waals surface area (Å²) in [5.74, 6) is 1.43. The van der Waals surface area contributed by atoms with E-state index in [2.05, 4.69) is 15.5 Å². The van der Waals surface area contributed by atoms with Gasteiger partial charge in [-0.15, -0.1) is 10.2 Å². The number of halogens is 1. The van der Waals surface area contributed by atoms with Gasteiger partial charge in [-0.3, -0.25) is 4.55 Å². The molecule has 9 nitrogen and oxygen atoms in total. The highest BCUT2D eigenvalue weighted by Gasteiger charge is 2.34. The molecule has 0 saturated carbocycles. The van der Waals surface area contributed by atoms with Crippen molar-refractivity contribution in [2.24, 2.45) is 0 Å². The van der Waals surface area contributed by atoms with E-state index in [0.717, 1.165) is 24.2 Å². The predicted octanol–water partition coefficient (Wildman–Crippen LogP) is 4.52. The molecule has 34 heavy (non-hydrogen) atoms. The molecule has 1 aliphatic heterocycles. The van der Waals surface area contributed by atoms with Crippen LogP contribution in [0.2, 0.25) is 5.02 Å². The van der Waals surface area contributed by atoms with Crippen molar-refractivity contribution >= 4 is 33.4 Å². The van der Waals surface area contributed by atoms with Gasteiger partial charge in [-0.05, 0) is 68.5 Å². The molecule has 4 rings (SSSR count). The van der Waals surface area contributed by atoms with Gasteiger partial charge < -0.3 is 14.8 Å². The summed E-state index contributed by atoms with van der Waals surface area (Å²) in [6, 6.07) is 9.81. The fourth-order valence-corrected chi connectivity index (χ4v) is 5.18. The van der Waals surface area contributed by atoms with Crippen LogP contribution in [0.4, 0.5) is 10.5 Å². The quantitative estimate of drug-likeness (QED) is 0.494. The predicted molar refractivity (Wildman–Crippen MR) is 129 cm³/mol. The second-order valence-corrected chi connectivity index (χ2v) is 10.3. The van der Waals surface area contributed by atoms with E-state index in [9.17, 15) is 17.8 Å². The van der Waals surface area contributed by atoms with Crippen LogP contribution in [0.1, 0.15) is 47.2 Å². The normalized spacial score (nSPS) is 16.1. The number of rotatable bonds is 5. The Labute approximate surface area is 203 Å². The lowest BCUT2D eigenvalue weighted by molar-refractivity contribution is 0.203. The number of carbonyl (C=O) groups is 1. The first-order chi connectivity index (χ1) is 16.0. The zero-order valence-electron chi connectivity index (χ0n) is 19.1. The summed E-state index contributed by atoms with van der Waals surface area (Å²) < 4.78 is 34.9. The largest absolute Gasteiger partial charge is 0.322 e. The highest BCUT2D eigenvalue weighted by atomic mass is 35.5. The van der Waals surface area contributed by atoms with Crippen LogP contribution in [0, 0.1) is 20.8 Å². The molecule has 2 heterocycles. The third-order valence-electron chi connectivity index (χ3n) is 6.07. The average Bonchev–Trinajstić information content (AvgIpc) is 3.38. The first-order valence-corrected chi connectivity index (χ1v) is 12.7. The third kappa shape index (κ3) is 4.94. The Morgan fingerprint density at radius 1 is 1.15 bits per heavy atom. The van der Waals surface area contributed by atoms with Crippen molar-refractivity contribution in [1.29, 1.82) is 0 Å². The standard InChI is InChI=1S/C23H26ClN5O4S/c1-14-11-15(2)21(34(31,32)33)12-19(14)25-23(30)28-10-4-5-20(28)22-27-26-16(3)29(22)13-17-6-8-18(24)9-7-17/h6-9,11-12,20H,4-5,10,13H2,1-3H3,(H,25,30)(H,31,32,33)/t20-/m1/s1. The topological polar surface area (TPSA) is 117 Å². The molecule has 0 aliphatic carbocycles. The number of carbonyl (C=O) groups excluding carboxylic acids is 1. The third-order valence-corrected chi connectivity index (χ3v) is 7.32. The maximum absolute atomic E-state index is 13.2. The number of aromatic nitrogens is 3. The Bertz CT molecular complexity index is 1340. The van der Waals surface area contributed by atoms with Crippen LogP contribution in [0.3, 0.4) is 0 Å². The van der Waals surface area contributed by atoms with Crippen molar-refractivity contribution in [3.05, 3.63) is 69.8 Å². The number of likely N-dealkylation sites (tertiary alicyclic amines) is 1. The molecular weight excluding hydrogens is 478 g/mol. The minimum absolute atomic E-state index is 0.232. The maximum Gasteiger partial charge on any atom is 0.322 e. The molecule has 180 valence electrons. The van der Waals surface area contributed by atoms with Gasteiger partial charge in [-0.1, -0.05) is 29.8 Å². The molecule has 0 radical (unpaired) electrons. The highest BCUT2D eigenvalue weighted by molar-refractivity contribution is 7.85. The highest BCUT2D eigenvalue weighted by Crippen LogP contribution is 2.33. The molecule has 1 aliphatic rings. The molecule has 0 spiro atoms. The average molecular weight is 504 g/mol. The molecule has 2 aromatic carbocycles. The van der Waals surface area contributed by atoms with Crippen molar-refractivity contribution in [3.8, 4) is 0 Å².